The highest BCUT2D eigenvalue weighted by Gasteiger charge is 2.12. The topological polar surface area (TPSA) is 26.0 Å². The van der Waals surface area contributed by atoms with Crippen LogP contribution in [-0.4, -0.2) is 0 Å². The van der Waals surface area contributed by atoms with Gasteiger partial charge in [-0.3, -0.25) is 0 Å². The Balaban J connectivity index is 2.20. The van der Waals surface area contributed by atoms with E-state index in [0.29, 0.717) is 17.0 Å². The summed E-state index contributed by atoms with van der Waals surface area (Å²) in [4.78, 5) is 0. The van der Waals surface area contributed by atoms with Crippen molar-refractivity contribution < 1.29 is 4.39 Å². The Morgan fingerprint density at radius 3 is 2.53 bits per heavy atom. The van der Waals surface area contributed by atoms with Crippen LogP contribution in [0.3, 0.4) is 0 Å². The Bertz CT molecular complexity index is 499. The number of benzene rings is 2. The SMILES string of the molecule is NC(Cc1ccccc1)c1cc(Cl)ccc1F. The van der Waals surface area contributed by atoms with Crippen molar-refractivity contribution in [1.82, 2.24) is 0 Å². The maximum atomic E-state index is 13.6. The third-order valence-electron chi connectivity index (χ3n) is 2.66. The molecule has 0 bridgehead atoms. The van der Waals surface area contributed by atoms with Crippen molar-refractivity contribution in [3.05, 3.63) is 70.5 Å². The number of hydrogen-bond donors (Lipinski definition) is 1. The lowest BCUT2D eigenvalue weighted by atomic mass is 9.99. The van der Waals surface area contributed by atoms with Crippen LogP contribution >= 0.6 is 11.6 Å². The van der Waals surface area contributed by atoms with Crippen LogP contribution in [0.15, 0.2) is 48.5 Å². The fourth-order valence-electron chi connectivity index (χ4n) is 1.78. The van der Waals surface area contributed by atoms with Crippen LogP contribution in [0.2, 0.25) is 5.02 Å². The van der Waals surface area contributed by atoms with E-state index in [9.17, 15) is 4.39 Å². The zero-order valence-electron chi connectivity index (χ0n) is 9.24. The summed E-state index contributed by atoms with van der Waals surface area (Å²) < 4.78 is 13.6. The van der Waals surface area contributed by atoms with E-state index in [-0.39, 0.29) is 11.9 Å². The molecule has 2 rings (SSSR count). The standard InChI is InChI=1S/C14H13ClFN/c15-11-6-7-13(16)12(9-11)14(17)8-10-4-2-1-3-5-10/h1-7,9,14H,8,17H2. The molecule has 2 aromatic carbocycles. The second-order valence-electron chi connectivity index (χ2n) is 3.96. The molecular weight excluding hydrogens is 237 g/mol. The number of hydrogen-bond acceptors (Lipinski definition) is 1. The van der Waals surface area contributed by atoms with Gasteiger partial charge in [0.25, 0.3) is 0 Å². The molecule has 3 heteroatoms. The average Bonchev–Trinajstić information content (AvgIpc) is 2.33. The Morgan fingerprint density at radius 2 is 1.82 bits per heavy atom. The molecule has 1 nitrogen and oxygen atoms in total. The molecule has 0 aliphatic rings. The summed E-state index contributed by atoms with van der Waals surface area (Å²) in [6.07, 6.45) is 0.595. The lowest BCUT2D eigenvalue weighted by Crippen LogP contribution is -2.15. The van der Waals surface area contributed by atoms with Gasteiger partial charge in [-0.25, -0.2) is 4.39 Å². The molecule has 0 heterocycles. The van der Waals surface area contributed by atoms with Gasteiger partial charge in [0.15, 0.2) is 0 Å². The molecule has 0 amide bonds. The van der Waals surface area contributed by atoms with E-state index in [2.05, 4.69) is 0 Å². The summed E-state index contributed by atoms with van der Waals surface area (Å²) in [5, 5.41) is 0.505. The summed E-state index contributed by atoms with van der Waals surface area (Å²) in [6, 6.07) is 13.9. The lowest BCUT2D eigenvalue weighted by Gasteiger charge is -2.13. The van der Waals surface area contributed by atoms with E-state index in [1.807, 2.05) is 30.3 Å². The Hall–Kier alpha value is -1.38. The van der Waals surface area contributed by atoms with Crippen LogP contribution in [0.5, 0.6) is 0 Å². The molecule has 88 valence electrons. The van der Waals surface area contributed by atoms with Gasteiger partial charge in [0.2, 0.25) is 0 Å². The van der Waals surface area contributed by atoms with Crippen LogP contribution in [0.25, 0.3) is 0 Å². The molecule has 0 saturated carbocycles. The van der Waals surface area contributed by atoms with Gasteiger partial charge in [0.05, 0.1) is 0 Å². The minimum Gasteiger partial charge on any atom is -0.324 e. The van der Waals surface area contributed by atoms with Crippen molar-refractivity contribution >= 4 is 11.6 Å². The molecule has 2 aromatic rings. The largest absolute Gasteiger partial charge is 0.324 e. The normalized spacial score (nSPS) is 12.4. The van der Waals surface area contributed by atoms with Gasteiger partial charge in [-0.05, 0) is 30.2 Å². The molecule has 0 aliphatic carbocycles. The molecule has 1 atom stereocenters. The molecule has 17 heavy (non-hydrogen) atoms. The molecule has 0 spiro atoms. The van der Waals surface area contributed by atoms with Gasteiger partial charge in [0, 0.05) is 16.6 Å². The van der Waals surface area contributed by atoms with Crippen molar-refractivity contribution in [3.8, 4) is 0 Å². The van der Waals surface area contributed by atoms with Crippen LogP contribution in [0, 0.1) is 5.82 Å². The van der Waals surface area contributed by atoms with Gasteiger partial charge >= 0.3 is 0 Å². The minimum atomic E-state index is -0.379. The second kappa shape index (κ2) is 5.30. The maximum absolute atomic E-state index is 13.6. The number of halogens is 2. The number of nitrogens with two attached hydrogens (primary N) is 1. The van der Waals surface area contributed by atoms with Crippen LogP contribution in [0.1, 0.15) is 17.2 Å². The lowest BCUT2D eigenvalue weighted by molar-refractivity contribution is 0.580. The van der Waals surface area contributed by atoms with Gasteiger partial charge in [-0.2, -0.15) is 0 Å². The molecule has 0 fully saturated rings. The van der Waals surface area contributed by atoms with E-state index in [4.69, 9.17) is 17.3 Å². The summed E-state index contributed by atoms with van der Waals surface area (Å²) in [5.74, 6) is -0.308. The predicted octanol–water partition coefficient (Wildman–Crippen LogP) is 3.72. The van der Waals surface area contributed by atoms with Crippen LogP contribution in [-0.2, 0) is 6.42 Å². The smallest absolute Gasteiger partial charge is 0.128 e. The minimum absolute atomic E-state index is 0.308. The Morgan fingerprint density at radius 1 is 1.12 bits per heavy atom. The van der Waals surface area contributed by atoms with Gasteiger partial charge in [0.1, 0.15) is 5.82 Å². The average molecular weight is 250 g/mol. The molecule has 0 aromatic heterocycles. The summed E-state index contributed by atoms with van der Waals surface area (Å²) in [6.45, 7) is 0. The zero-order chi connectivity index (χ0) is 12.3. The van der Waals surface area contributed by atoms with Crippen LogP contribution in [0.4, 0.5) is 4.39 Å². The van der Waals surface area contributed by atoms with E-state index in [0.717, 1.165) is 5.56 Å². The maximum Gasteiger partial charge on any atom is 0.128 e. The molecule has 1 unspecified atom stereocenters. The molecule has 0 aliphatic heterocycles. The highest BCUT2D eigenvalue weighted by molar-refractivity contribution is 6.30. The van der Waals surface area contributed by atoms with E-state index >= 15 is 0 Å². The van der Waals surface area contributed by atoms with Gasteiger partial charge < -0.3 is 5.73 Å². The third-order valence-corrected chi connectivity index (χ3v) is 2.89. The van der Waals surface area contributed by atoms with Crippen molar-refractivity contribution in [2.24, 2.45) is 5.73 Å². The molecule has 0 saturated heterocycles. The third kappa shape index (κ3) is 3.05. The fraction of sp³-hybridized carbons (Fsp3) is 0.143. The fourth-order valence-corrected chi connectivity index (χ4v) is 1.96. The van der Waals surface area contributed by atoms with E-state index < -0.39 is 0 Å². The summed E-state index contributed by atoms with van der Waals surface area (Å²) in [7, 11) is 0. The van der Waals surface area contributed by atoms with E-state index in [1.54, 1.807) is 6.07 Å². The summed E-state index contributed by atoms with van der Waals surface area (Å²) in [5.41, 5.74) is 7.54. The van der Waals surface area contributed by atoms with Gasteiger partial charge in [-0.1, -0.05) is 41.9 Å². The monoisotopic (exact) mass is 249 g/mol. The van der Waals surface area contributed by atoms with Crippen molar-refractivity contribution in [2.45, 2.75) is 12.5 Å². The highest BCUT2D eigenvalue weighted by Crippen LogP contribution is 2.22. The first-order valence-electron chi connectivity index (χ1n) is 5.41. The van der Waals surface area contributed by atoms with E-state index in [1.165, 1.54) is 12.1 Å². The van der Waals surface area contributed by atoms with Crippen LogP contribution < -0.4 is 5.73 Å². The van der Waals surface area contributed by atoms with Crippen molar-refractivity contribution in [1.29, 1.82) is 0 Å². The Kier molecular flexibility index (Phi) is 3.77. The zero-order valence-corrected chi connectivity index (χ0v) is 9.99. The first-order valence-corrected chi connectivity index (χ1v) is 5.79. The second-order valence-corrected chi connectivity index (χ2v) is 4.40. The highest BCUT2D eigenvalue weighted by atomic mass is 35.5. The van der Waals surface area contributed by atoms with Crippen molar-refractivity contribution in [2.75, 3.05) is 0 Å². The molecule has 0 radical (unpaired) electrons. The summed E-state index contributed by atoms with van der Waals surface area (Å²) >= 11 is 5.84. The first kappa shape index (κ1) is 12.1. The Labute approximate surface area is 105 Å². The van der Waals surface area contributed by atoms with Gasteiger partial charge in [-0.15, -0.1) is 0 Å². The quantitative estimate of drug-likeness (QED) is 0.882. The predicted molar refractivity (Wildman–Crippen MR) is 68.5 cm³/mol. The first-order chi connectivity index (χ1) is 8.16. The van der Waals surface area contributed by atoms with Crippen molar-refractivity contribution in [3.63, 3.8) is 0 Å². The molecular formula is C14H13ClFN. The molecule has 2 N–H and O–H groups in total. The number of rotatable bonds is 3.